The number of hydrogen-bond acceptors (Lipinski definition) is 4. The first-order valence-electron chi connectivity index (χ1n) is 7.87. The van der Waals surface area contributed by atoms with Crippen molar-refractivity contribution in [2.75, 3.05) is 19.8 Å². The maximum Gasteiger partial charge on any atom is 0.354 e. The van der Waals surface area contributed by atoms with Crippen LogP contribution >= 0.6 is 7.60 Å². The van der Waals surface area contributed by atoms with Crippen molar-refractivity contribution < 1.29 is 18.0 Å². The summed E-state index contributed by atoms with van der Waals surface area (Å²) in [5, 5.41) is 0.198. The summed E-state index contributed by atoms with van der Waals surface area (Å²) in [5.41, 5.74) is 0.860. The van der Waals surface area contributed by atoms with Crippen molar-refractivity contribution >= 4 is 15.9 Å². The SMILES string of the molecule is C=C(C=CP(=O)(OCC)OCC)CCO[Si](C)(C)C(C)(C)C. The Balaban J connectivity index is 4.46. The molecule has 0 aliphatic carbocycles. The van der Waals surface area contributed by atoms with Gasteiger partial charge in [0.15, 0.2) is 8.32 Å². The predicted molar refractivity (Wildman–Crippen MR) is 96.9 cm³/mol. The van der Waals surface area contributed by atoms with Crippen LogP contribution in [-0.2, 0) is 18.0 Å². The van der Waals surface area contributed by atoms with Crippen LogP contribution in [0, 0.1) is 0 Å². The summed E-state index contributed by atoms with van der Waals surface area (Å²) in [6.07, 6.45) is 2.43. The Morgan fingerprint density at radius 3 is 2.09 bits per heavy atom. The minimum atomic E-state index is -3.14. The van der Waals surface area contributed by atoms with Crippen LogP contribution in [0.1, 0.15) is 41.0 Å². The molecule has 0 rings (SSSR count). The Bertz CT molecular complexity index is 414. The van der Waals surface area contributed by atoms with Gasteiger partial charge in [0.05, 0.1) is 13.2 Å². The zero-order chi connectivity index (χ0) is 17.4. The highest BCUT2D eigenvalue weighted by Crippen LogP contribution is 2.49. The lowest BCUT2D eigenvalue weighted by atomic mass is 10.2. The molecule has 0 aliphatic rings. The molecule has 0 unspecified atom stereocenters. The lowest BCUT2D eigenvalue weighted by Gasteiger charge is -2.36. The summed E-state index contributed by atoms with van der Waals surface area (Å²) in [7, 11) is -4.86. The lowest BCUT2D eigenvalue weighted by Crippen LogP contribution is -2.40. The number of rotatable bonds is 10. The molecule has 4 nitrogen and oxygen atoms in total. The van der Waals surface area contributed by atoms with Gasteiger partial charge in [0.2, 0.25) is 0 Å². The summed E-state index contributed by atoms with van der Waals surface area (Å²) in [5.74, 6) is 1.49. The van der Waals surface area contributed by atoms with Crippen LogP contribution in [0.3, 0.4) is 0 Å². The van der Waals surface area contributed by atoms with Crippen molar-refractivity contribution in [2.45, 2.75) is 59.2 Å². The first-order valence-corrected chi connectivity index (χ1v) is 12.4. The van der Waals surface area contributed by atoms with Crippen LogP contribution in [0.25, 0.3) is 0 Å². The van der Waals surface area contributed by atoms with Gasteiger partial charge in [-0.15, -0.1) is 0 Å². The van der Waals surface area contributed by atoms with Gasteiger partial charge in [-0.2, -0.15) is 0 Å². The maximum absolute atomic E-state index is 12.3. The van der Waals surface area contributed by atoms with E-state index >= 15 is 0 Å². The third-order valence-corrected chi connectivity index (χ3v) is 10.1. The van der Waals surface area contributed by atoms with E-state index in [1.807, 2.05) is 0 Å². The van der Waals surface area contributed by atoms with Crippen LogP contribution in [0.15, 0.2) is 24.0 Å². The molecule has 6 heteroatoms. The van der Waals surface area contributed by atoms with Crippen molar-refractivity contribution in [1.82, 2.24) is 0 Å². The van der Waals surface area contributed by atoms with Crippen molar-refractivity contribution in [2.24, 2.45) is 0 Å². The van der Waals surface area contributed by atoms with Crippen molar-refractivity contribution in [1.29, 1.82) is 0 Å². The van der Waals surface area contributed by atoms with Gasteiger partial charge >= 0.3 is 7.60 Å². The third kappa shape index (κ3) is 7.89. The second kappa shape index (κ2) is 9.19. The largest absolute Gasteiger partial charge is 0.416 e. The molecule has 0 aromatic carbocycles. The molecule has 0 saturated carbocycles. The Kier molecular flexibility index (Phi) is 9.11. The quantitative estimate of drug-likeness (QED) is 0.287. The molecular weight excluding hydrogens is 315 g/mol. The second-order valence-corrected chi connectivity index (χ2v) is 13.4. The molecule has 0 bridgehead atoms. The molecule has 0 aliphatic heterocycles. The van der Waals surface area contributed by atoms with Gasteiger partial charge in [0, 0.05) is 12.4 Å². The molecule has 0 aromatic heterocycles. The topological polar surface area (TPSA) is 44.8 Å². The summed E-state index contributed by atoms with van der Waals surface area (Å²) >= 11 is 0. The molecule has 0 amide bonds. The number of hydrogen-bond donors (Lipinski definition) is 0. The Hall–Kier alpha value is -0.193. The van der Waals surface area contributed by atoms with E-state index in [0.717, 1.165) is 5.57 Å². The van der Waals surface area contributed by atoms with Gasteiger partial charge in [-0.3, -0.25) is 4.57 Å². The van der Waals surface area contributed by atoms with E-state index in [2.05, 4.69) is 40.4 Å². The standard InChI is InChI=1S/C16H33O4PSi/c1-9-18-21(17,19-10-2)14-12-15(3)11-13-20-22(7,8)16(4,5)6/h12,14H,3,9-11,13H2,1-2,4-8H3. The average molecular weight is 348 g/mol. The summed E-state index contributed by atoms with van der Waals surface area (Å²) in [6, 6.07) is 0. The highest BCUT2D eigenvalue weighted by Gasteiger charge is 2.36. The van der Waals surface area contributed by atoms with Crippen molar-refractivity contribution in [3.63, 3.8) is 0 Å². The fourth-order valence-corrected chi connectivity index (χ4v) is 3.82. The molecular formula is C16H33O4PSi. The van der Waals surface area contributed by atoms with Gasteiger partial charge < -0.3 is 13.5 Å². The van der Waals surface area contributed by atoms with Crippen LogP contribution in [0.2, 0.25) is 18.1 Å². The van der Waals surface area contributed by atoms with E-state index in [4.69, 9.17) is 13.5 Å². The normalized spacial score (nSPS) is 13.8. The fourth-order valence-electron chi connectivity index (χ4n) is 1.42. The molecule has 0 heterocycles. The second-order valence-electron chi connectivity index (χ2n) is 6.71. The van der Waals surface area contributed by atoms with Gasteiger partial charge in [-0.05, 0) is 38.4 Å². The molecule has 0 fully saturated rings. The maximum atomic E-state index is 12.3. The first kappa shape index (κ1) is 21.8. The number of allylic oxidation sites excluding steroid dienone is 1. The third-order valence-electron chi connectivity index (χ3n) is 3.80. The van der Waals surface area contributed by atoms with Gasteiger partial charge in [-0.1, -0.05) is 39.0 Å². The van der Waals surface area contributed by atoms with Crippen LogP contribution in [0.5, 0.6) is 0 Å². The molecule has 0 radical (unpaired) electrons. The van der Waals surface area contributed by atoms with Crippen molar-refractivity contribution in [3.05, 3.63) is 24.0 Å². The predicted octanol–water partition coefficient (Wildman–Crippen LogP) is 5.73. The minimum absolute atomic E-state index is 0.198. The van der Waals surface area contributed by atoms with Gasteiger partial charge in [0.25, 0.3) is 0 Å². The van der Waals surface area contributed by atoms with E-state index in [0.29, 0.717) is 26.2 Å². The molecule has 0 aromatic rings. The monoisotopic (exact) mass is 348 g/mol. The summed E-state index contributed by atoms with van der Waals surface area (Å²) in [6.45, 7) is 20.0. The van der Waals surface area contributed by atoms with Crippen molar-refractivity contribution in [3.8, 4) is 0 Å². The van der Waals surface area contributed by atoms with E-state index in [-0.39, 0.29) is 5.04 Å². The van der Waals surface area contributed by atoms with Gasteiger partial charge in [-0.25, -0.2) is 0 Å². The molecule has 0 atom stereocenters. The highest BCUT2D eigenvalue weighted by atomic mass is 31.2. The molecule has 130 valence electrons. The average Bonchev–Trinajstić information content (AvgIpc) is 2.35. The van der Waals surface area contributed by atoms with E-state index in [9.17, 15) is 4.57 Å². The smallest absolute Gasteiger partial charge is 0.354 e. The minimum Gasteiger partial charge on any atom is -0.416 e. The zero-order valence-electron chi connectivity index (χ0n) is 15.3. The highest BCUT2D eigenvalue weighted by molar-refractivity contribution is 7.57. The summed E-state index contributed by atoms with van der Waals surface area (Å²) < 4.78 is 28.8. The van der Waals surface area contributed by atoms with Crippen LogP contribution in [0.4, 0.5) is 0 Å². The zero-order valence-corrected chi connectivity index (χ0v) is 17.2. The Morgan fingerprint density at radius 2 is 1.68 bits per heavy atom. The Labute approximate surface area is 137 Å². The fraction of sp³-hybridized carbons (Fsp3) is 0.750. The van der Waals surface area contributed by atoms with Crippen LogP contribution < -0.4 is 0 Å². The molecule has 0 N–H and O–H groups in total. The first-order chi connectivity index (χ1) is 9.97. The molecule has 0 saturated heterocycles. The molecule has 0 spiro atoms. The van der Waals surface area contributed by atoms with Gasteiger partial charge in [0.1, 0.15) is 0 Å². The lowest BCUT2D eigenvalue weighted by molar-refractivity contribution is 0.229. The molecule has 22 heavy (non-hydrogen) atoms. The van der Waals surface area contributed by atoms with E-state index < -0.39 is 15.9 Å². The summed E-state index contributed by atoms with van der Waals surface area (Å²) in [4.78, 5) is 0. The van der Waals surface area contributed by atoms with E-state index in [1.54, 1.807) is 19.9 Å². The van der Waals surface area contributed by atoms with E-state index in [1.165, 1.54) is 5.82 Å². The Morgan fingerprint density at radius 1 is 1.18 bits per heavy atom. The van der Waals surface area contributed by atoms with Crippen LogP contribution in [-0.4, -0.2) is 28.1 Å².